The summed E-state index contributed by atoms with van der Waals surface area (Å²) < 4.78 is 0.815. The molecule has 1 saturated carbocycles. The van der Waals surface area contributed by atoms with E-state index < -0.39 is 10.9 Å². The molecule has 0 bridgehead atoms. The topological polar surface area (TPSA) is 105 Å². The number of nitrogens with one attached hydrogen (secondary N) is 1. The number of aromatic nitrogens is 1. The number of nitrogens with zero attached hydrogens (tertiary/aromatic N) is 2. The predicted molar refractivity (Wildman–Crippen MR) is 93.1 cm³/mol. The number of carboxylic acids is 1. The molecule has 1 aromatic heterocycles. The highest BCUT2D eigenvalue weighted by Crippen LogP contribution is 2.36. The number of hydrogen-bond donors (Lipinski definition) is 2. The molecule has 7 nitrogen and oxygen atoms in total. The Labute approximate surface area is 146 Å². The van der Waals surface area contributed by atoms with Gasteiger partial charge in [-0.25, -0.2) is 4.98 Å². The quantitative estimate of drug-likeness (QED) is 0.601. The molecular formula is C16H16BrN3O4. The molecule has 24 heavy (non-hydrogen) atoms. The molecular weight excluding hydrogens is 378 g/mol. The summed E-state index contributed by atoms with van der Waals surface area (Å²) in [5.74, 6) is -1.08. The smallest absolute Gasteiger partial charge is 0.311 e. The van der Waals surface area contributed by atoms with Crippen LogP contribution in [0.3, 0.4) is 0 Å². The monoisotopic (exact) mass is 393 g/mol. The summed E-state index contributed by atoms with van der Waals surface area (Å²) >= 11 is 3.39. The normalized spacial score (nSPS) is 20.7. The number of carboxylic acid groups (broad SMARTS) is 1. The number of anilines is 1. The summed E-state index contributed by atoms with van der Waals surface area (Å²) in [5, 5.41) is 24.4. The maximum atomic E-state index is 11.4. The van der Waals surface area contributed by atoms with Crippen LogP contribution >= 0.6 is 15.9 Å². The largest absolute Gasteiger partial charge is 0.481 e. The predicted octanol–water partition coefficient (Wildman–Crippen LogP) is 3.96. The van der Waals surface area contributed by atoms with Crippen LogP contribution in [0.2, 0.25) is 0 Å². The summed E-state index contributed by atoms with van der Waals surface area (Å²) in [7, 11) is 0. The van der Waals surface area contributed by atoms with E-state index >= 15 is 0 Å². The Kier molecular flexibility index (Phi) is 4.66. The number of nitro groups is 1. The highest BCUT2D eigenvalue weighted by atomic mass is 79.9. The Hall–Kier alpha value is -2.22. The standard InChI is InChI=1S/C16H16BrN3O4/c17-10-3-6-13-12(7-10)15(14(8-18-13)20(23)24)19-11-4-1-9(2-5-11)16(21)22/h3,6-9,11H,1-2,4-5H2,(H,18,19)(H,21,22)/t9-,11-. The molecule has 0 radical (unpaired) electrons. The van der Waals surface area contributed by atoms with Gasteiger partial charge in [-0.2, -0.15) is 0 Å². The lowest BCUT2D eigenvalue weighted by atomic mass is 9.86. The van der Waals surface area contributed by atoms with E-state index in [-0.39, 0.29) is 17.6 Å². The maximum absolute atomic E-state index is 11.4. The molecule has 0 spiro atoms. The van der Waals surface area contributed by atoms with Gasteiger partial charge in [0.1, 0.15) is 11.9 Å². The number of pyridine rings is 1. The third-order valence-corrected chi connectivity index (χ3v) is 4.92. The molecule has 1 aliphatic carbocycles. The van der Waals surface area contributed by atoms with Crippen LogP contribution in [0.1, 0.15) is 25.7 Å². The SMILES string of the molecule is O=C(O)[C@H]1CC[C@H](Nc2c([N+](=O)[O-])cnc3ccc(Br)cc23)CC1. The Morgan fingerprint density at radius 2 is 2.04 bits per heavy atom. The van der Waals surface area contributed by atoms with E-state index in [9.17, 15) is 14.9 Å². The van der Waals surface area contributed by atoms with Gasteiger partial charge in [-0.1, -0.05) is 15.9 Å². The van der Waals surface area contributed by atoms with Gasteiger partial charge in [0.2, 0.25) is 0 Å². The van der Waals surface area contributed by atoms with Crippen molar-refractivity contribution in [2.45, 2.75) is 31.7 Å². The molecule has 0 amide bonds. The molecule has 3 rings (SSSR count). The summed E-state index contributed by atoms with van der Waals surface area (Å²) in [6.07, 6.45) is 3.76. The van der Waals surface area contributed by atoms with Crippen LogP contribution < -0.4 is 5.32 Å². The van der Waals surface area contributed by atoms with Crippen molar-refractivity contribution < 1.29 is 14.8 Å². The summed E-state index contributed by atoms with van der Waals surface area (Å²) in [5.41, 5.74) is 1.05. The zero-order valence-electron chi connectivity index (χ0n) is 12.7. The molecule has 1 heterocycles. The number of carbonyl (C=O) groups is 1. The van der Waals surface area contributed by atoms with Crippen molar-refractivity contribution in [1.29, 1.82) is 0 Å². The fraction of sp³-hybridized carbons (Fsp3) is 0.375. The highest BCUT2D eigenvalue weighted by Gasteiger charge is 2.28. The van der Waals surface area contributed by atoms with Gasteiger partial charge in [-0.3, -0.25) is 14.9 Å². The van der Waals surface area contributed by atoms with Gasteiger partial charge >= 0.3 is 11.7 Å². The molecule has 126 valence electrons. The lowest BCUT2D eigenvalue weighted by Crippen LogP contribution is -2.29. The second-order valence-electron chi connectivity index (χ2n) is 5.97. The summed E-state index contributed by atoms with van der Waals surface area (Å²) in [4.78, 5) is 26.1. The number of rotatable bonds is 4. The molecule has 0 aliphatic heterocycles. The van der Waals surface area contributed by atoms with Gasteiger partial charge in [0.25, 0.3) is 0 Å². The summed E-state index contributed by atoms with van der Waals surface area (Å²) in [6.45, 7) is 0. The van der Waals surface area contributed by atoms with E-state index in [0.29, 0.717) is 42.3 Å². The molecule has 1 fully saturated rings. The van der Waals surface area contributed by atoms with Crippen molar-refractivity contribution in [2.24, 2.45) is 5.92 Å². The first-order valence-corrected chi connectivity index (χ1v) is 8.47. The molecule has 2 aromatic rings. The molecule has 0 saturated heterocycles. The van der Waals surface area contributed by atoms with Crippen LogP contribution in [-0.4, -0.2) is 27.0 Å². The van der Waals surface area contributed by atoms with Crippen LogP contribution in [0.25, 0.3) is 10.9 Å². The van der Waals surface area contributed by atoms with Gasteiger partial charge in [-0.05, 0) is 43.9 Å². The third-order valence-electron chi connectivity index (χ3n) is 4.43. The van der Waals surface area contributed by atoms with Crippen LogP contribution in [0.15, 0.2) is 28.9 Å². The molecule has 2 N–H and O–H groups in total. The number of halogens is 1. The first-order chi connectivity index (χ1) is 11.5. The minimum absolute atomic E-state index is 0.0175. The molecule has 0 unspecified atom stereocenters. The van der Waals surface area contributed by atoms with E-state index in [1.54, 1.807) is 12.1 Å². The van der Waals surface area contributed by atoms with Crippen molar-refractivity contribution in [3.05, 3.63) is 39.0 Å². The van der Waals surface area contributed by atoms with Crippen molar-refractivity contribution in [3.8, 4) is 0 Å². The zero-order valence-corrected chi connectivity index (χ0v) is 14.3. The number of fused-ring (bicyclic) bond motifs is 1. The van der Waals surface area contributed by atoms with Gasteiger partial charge in [0, 0.05) is 15.9 Å². The number of hydrogen-bond acceptors (Lipinski definition) is 5. The van der Waals surface area contributed by atoms with Crippen LogP contribution in [-0.2, 0) is 4.79 Å². The molecule has 1 aliphatic rings. The lowest BCUT2D eigenvalue weighted by Gasteiger charge is -2.27. The van der Waals surface area contributed by atoms with Crippen molar-refractivity contribution in [1.82, 2.24) is 4.98 Å². The average molecular weight is 394 g/mol. The van der Waals surface area contributed by atoms with Crippen molar-refractivity contribution in [3.63, 3.8) is 0 Å². The van der Waals surface area contributed by atoms with E-state index in [0.717, 1.165) is 4.47 Å². The van der Waals surface area contributed by atoms with Crippen LogP contribution in [0.4, 0.5) is 11.4 Å². The second-order valence-corrected chi connectivity index (χ2v) is 6.88. The Bertz CT molecular complexity index is 803. The zero-order chi connectivity index (χ0) is 17.3. The third kappa shape index (κ3) is 3.33. The van der Waals surface area contributed by atoms with Gasteiger partial charge in [0.15, 0.2) is 0 Å². The lowest BCUT2D eigenvalue weighted by molar-refractivity contribution is -0.384. The molecule has 8 heteroatoms. The Morgan fingerprint density at radius 1 is 1.33 bits per heavy atom. The van der Waals surface area contributed by atoms with E-state index in [1.807, 2.05) is 6.07 Å². The first kappa shape index (κ1) is 16.6. The van der Waals surface area contributed by atoms with Gasteiger partial charge < -0.3 is 10.4 Å². The molecule has 0 atom stereocenters. The van der Waals surface area contributed by atoms with Crippen LogP contribution in [0, 0.1) is 16.0 Å². The van der Waals surface area contributed by atoms with Crippen molar-refractivity contribution >= 4 is 44.2 Å². The van der Waals surface area contributed by atoms with Crippen molar-refractivity contribution in [2.75, 3.05) is 5.32 Å². The number of benzene rings is 1. The van der Waals surface area contributed by atoms with Crippen LogP contribution in [0.5, 0.6) is 0 Å². The van der Waals surface area contributed by atoms with E-state index in [2.05, 4.69) is 26.2 Å². The number of aliphatic carboxylic acids is 1. The van der Waals surface area contributed by atoms with E-state index in [4.69, 9.17) is 5.11 Å². The van der Waals surface area contributed by atoms with E-state index in [1.165, 1.54) is 6.20 Å². The first-order valence-electron chi connectivity index (χ1n) is 7.67. The Morgan fingerprint density at radius 3 is 2.67 bits per heavy atom. The second kappa shape index (κ2) is 6.72. The molecule has 1 aromatic carbocycles. The average Bonchev–Trinajstić information content (AvgIpc) is 2.55. The minimum atomic E-state index is -0.766. The van der Waals surface area contributed by atoms with Gasteiger partial charge in [-0.15, -0.1) is 0 Å². The summed E-state index contributed by atoms with van der Waals surface area (Å²) in [6, 6.07) is 5.46. The Balaban J connectivity index is 1.93. The highest BCUT2D eigenvalue weighted by molar-refractivity contribution is 9.10. The fourth-order valence-electron chi connectivity index (χ4n) is 3.13. The minimum Gasteiger partial charge on any atom is -0.481 e. The fourth-order valence-corrected chi connectivity index (χ4v) is 3.49. The van der Waals surface area contributed by atoms with Gasteiger partial charge in [0.05, 0.1) is 16.4 Å². The maximum Gasteiger partial charge on any atom is 0.311 e.